The largest absolute Gasteiger partial charge is 0.264 e. The third kappa shape index (κ3) is 4.12. The zero-order valence-electron chi connectivity index (χ0n) is 28.5. The maximum atomic E-state index is 4.63. The molecule has 8 aromatic rings. The van der Waals surface area contributed by atoms with E-state index in [1.165, 1.54) is 71.6 Å². The van der Waals surface area contributed by atoms with Crippen molar-refractivity contribution in [2.24, 2.45) is 4.99 Å². The van der Waals surface area contributed by atoms with Crippen molar-refractivity contribution in [1.82, 2.24) is 0 Å². The van der Waals surface area contributed by atoms with Crippen molar-refractivity contribution in [3.8, 4) is 22.3 Å². The highest BCUT2D eigenvalue weighted by Crippen LogP contribution is 2.62. The zero-order chi connectivity index (χ0) is 34.2. The molecule has 0 atom stereocenters. The predicted octanol–water partition coefficient (Wildman–Crippen LogP) is 12.4. The first kappa shape index (κ1) is 29.6. The van der Waals surface area contributed by atoms with Crippen LogP contribution in [0.4, 0.5) is 0 Å². The first-order valence-corrected chi connectivity index (χ1v) is 17.7. The lowest BCUT2D eigenvalue weighted by molar-refractivity contribution is 0.724. The number of nitrogens with zero attached hydrogens (tertiary/aromatic N) is 1. The minimum Gasteiger partial charge on any atom is -0.264 e. The van der Waals surface area contributed by atoms with Crippen LogP contribution in [0.25, 0.3) is 49.5 Å². The molecule has 10 rings (SSSR count). The molecule has 0 fully saturated rings. The number of fused-ring (bicyclic) bond motifs is 7. The lowest BCUT2D eigenvalue weighted by Crippen LogP contribution is -2.26. The molecule has 0 saturated heterocycles. The maximum absolute atomic E-state index is 4.63. The summed E-state index contributed by atoms with van der Waals surface area (Å²) >= 11 is 0. The van der Waals surface area contributed by atoms with Gasteiger partial charge >= 0.3 is 0 Å². The molecule has 1 nitrogen and oxygen atoms in total. The molecule has 0 saturated carbocycles. The van der Waals surface area contributed by atoms with Gasteiger partial charge in [-0.1, -0.05) is 164 Å². The molecule has 2 aliphatic rings. The normalized spacial score (nSPS) is 13.9. The van der Waals surface area contributed by atoms with Crippen LogP contribution in [0.5, 0.6) is 0 Å². The summed E-state index contributed by atoms with van der Waals surface area (Å²) in [5.74, 6) is 0. The highest BCUT2D eigenvalue weighted by Gasteiger charge is 2.50. The Labute approximate surface area is 298 Å². The SMILES string of the molecule is C=N/C(=C\C(C)(c1ccccc1)c1ccccc1)c1cccc(-c2ccc3c(c2)-c2ccccc2C32c3cccc4ccc5cccc2c5c34)c1. The van der Waals surface area contributed by atoms with Gasteiger partial charge in [0.15, 0.2) is 0 Å². The van der Waals surface area contributed by atoms with Gasteiger partial charge in [-0.2, -0.15) is 0 Å². The molecule has 0 N–H and O–H groups in total. The van der Waals surface area contributed by atoms with E-state index in [4.69, 9.17) is 0 Å². The molecule has 0 heterocycles. The van der Waals surface area contributed by atoms with Gasteiger partial charge in [-0.3, -0.25) is 4.99 Å². The highest BCUT2D eigenvalue weighted by molar-refractivity contribution is 6.17. The first-order valence-electron chi connectivity index (χ1n) is 17.7. The van der Waals surface area contributed by atoms with Crippen LogP contribution >= 0.6 is 0 Å². The van der Waals surface area contributed by atoms with Crippen LogP contribution in [-0.4, -0.2) is 6.72 Å². The molecule has 0 bridgehead atoms. The Morgan fingerprint density at radius 3 is 1.71 bits per heavy atom. The quantitative estimate of drug-likeness (QED) is 0.126. The molecular weight excluding hydrogens is 615 g/mol. The summed E-state index contributed by atoms with van der Waals surface area (Å²) in [7, 11) is 0. The van der Waals surface area contributed by atoms with Crippen molar-refractivity contribution in [3.05, 3.63) is 221 Å². The van der Waals surface area contributed by atoms with Crippen molar-refractivity contribution in [2.75, 3.05) is 0 Å². The molecule has 0 amide bonds. The van der Waals surface area contributed by atoms with Crippen LogP contribution in [0, 0.1) is 0 Å². The van der Waals surface area contributed by atoms with E-state index in [0.717, 1.165) is 16.8 Å². The van der Waals surface area contributed by atoms with Gasteiger partial charge in [0, 0.05) is 11.0 Å². The molecule has 1 heteroatoms. The van der Waals surface area contributed by atoms with Crippen LogP contribution in [0.15, 0.2) is 187 Å². The van der Waals surface area contributed by atoms with E-state index in [-0.39, 0.29) is 5.41 Å². The van der Waals surface area contributed by atoms with Crippen LogP contribution in [0.3, 0.4) is 0 Å². The summed E-state index contributed by atoms with van der Waals surface area (Å²) in [5.41, 5.74) is 14.0. The summed E-state index contributed by atoms with van der Waals surface area (Å²) in [5, 5.41) is 5.39. The fraction of sp³-hybridized carbons (Fsp3) is 0.0600. The molecule has 0 aromatic heterocycles. The Hall–Kier alpha value is -6.31. The van der Waals surface area contributed by atoms with Gasteiger partial charge < -0.3 is 0 Å². The third-order valence-corrected chi connectivity index (χ3v) is 11.6. The van der Waals surface area contributed by atoms with Crippen molar-refractivity contribution < 1.29 is 0 Å². The second-order valence-corrected chi connectivity index (χ2v) is 14.1. The number of aliphatic imine (C=N–C) groups is 1. The Kier molecular flexibility index (Phi) is 6.44. The van der Waals surface area contributed by atoms with Gasteiger partial charge in [0.2, 0.25) is 0 Å². The second kappa shape index (κ2) is 11.1. The maximum Gasteiger partial charge on any atom is 0.0725 e. The predicted molar refractivity (Wildman–Crippen MR) is 215 cm³/mol. The lowest BCUT2D eigenvalue weighted by Gasteiger charge is -2.31. The minimum absolute atomic E-state index is 0.350. The molecule has 0 radical (unpaired) electrons. The van der Waals surface area contributed by atoms with E-state index in [0.29, 0.717) is 0 Å². The number of rotatable bonds is 6. The smallest absolute Gasteiger partial charge is 0.0725 e. The van der Waals surface area contributed by atoms with E-state index in [2.05, 4.69) is 201 Å². The highest BCUT2D eigenvalue weighted by atomic mass is 14.7. The van der Waals surface area contributed by atoms with Gasteiger partial charge in [0.25, 0.3) is 0 Å². The van der Waals surface area contributed by atoms with Gasteiger partial charge in [-0.15, -0.1) is 0 Å². The van der Waals surface area contributed by atoms with Crippen molar-refractivity contribution in [3.63, 3.8) is 0 Å². The van der Waals surface area contributed by atoms with E-state index in [1.807, 2.05) is 0 Å². The fourth-order valence-electron chi connectivity index (χ4n) is 9.22. The third-order valence-electron chi connectivity index (χ3n) is 11.6. The van der Waals surface area contributed by atoms with Crippen LogP contribution in [0.1, 0.15) is 45.9 Å². The summed E-state index contributed by atoms with van der Waals surface area (Å²) in [6, 6.07) is 64.5. The summed E-state index contributed by atoms with van der Waals surface area (Å²) in [6.45, 7) is 6.32. The second-order valence-electron chi connectivity index (χ2n) is 14.1. The van der Waals surface area contributed by atoms with Crippen LogP contribution < -0.4 is 0 Å². The number of hydrogen-bond acceptors (Lipinski definition) is 1. The minimum atomic E-state index is -0.398. The molecule has 2 aliphatic carbocycles. The summed E-state index contributed by atoms with van der Waals surface area (Å²) in [4.78, 5) is 4.63. The van der Waals surface area contributed by atoms with Gasteiger partial charge in [-0.05, 0) is 109 Å². The zero-order valence-corrected chi connectivity index (χ0v) is 28.5. The monoisotopic (exact) mass is 649 g/mol. The lowest BCUT2D eigenvalue weighted by atomic mass is 9.70. The van der Waals surface area contributed by atoms with Crippen molar-refractivity contribution in [2.45, 2.75) is 17.8 Å². The molecule has 8 aromatic carbocycles. The van der Waals surface area contributed by atoms with E-state index in [1.54, 1.807) is 0 Å². The molecule has 0 unspecified atom stereocenters. The molecule has 51 heavy (non-hydrogen) atoms. The van der Waals surface area contributed by atoms with Gasteiger partial charge in [0.05, 0.1) is 11.1 Å². The van der Waals surface area contributed by atoms with Crippen molar-refractivity contribution in [1.29, 1.82) is 0 Å². The molecule has 0 aliphatic heterocycles. The van der Waals surface area contributed by atoms with Crippen LogP contribution in [0.2, 0.25) is 0 Å². The molecule has 1 spiro atoms. The Balaban J connectivity index is 1.13. The molecular formula is C50H35N. The van der Waals surface area contributed by atoms with E-state index >= 15 is 0 Å². The standard InChI is InChI=1S/C50H35N/c1-49(38-18-5-3-6-19-38,39-20-7-4-8-21-39)32-46(51-2)37-17-11-16-35(30-37)36-28-29-43-41(31-36)40-22-9-10-23-42(40)50(43)44-24-12-14-33-26-27-34-15-13-25-45(50)48(34)47(33)44/h3-32H,2H2,1H3/b46-32-. The average Bonchev–Trinajstić information content (AvgIpc) is 3.68. The summed E-state index contributed by atoms with van der Waals surface area (Å²) < 4.78 is 0. The van der Waals surface area contributed by atoms with E-state index in [9.17, 15) is 0 Å². The Morgan fingerprint density at radius 2 is 1.06 bits per heavy atom. The number of hydrogen-bond donors (Lipinski definition) is 0. The van der Waals surface area contributed by atoms with Crippen molar-refractivity contribution >= 4 is 34.0 Å². The first-order chi connectivity index (χ1) is 25.1. The topological polar surface area (TPSA) is 12.4 Å². The van der Waals surface area contributed by atoms with Gasteiger partial charge in [-0.25, -0.2) is 0 Å². The number of allylic oxidation sites excluding steroid dienone is 1. The van der Waals surface area contributed by atoms with Gasteiger partial charge in [0.1, 0.15) is 0 Å². The Bertz CT molecular complexity index is 2610. The number of benzene rings is 8. The fourth-order valence-corrected chi connectivity index (χ4v) is 9.22. The molecule has 240 valence electrons. The Morgan fingerprint density at radius 1 is 0.510 bits per heavy atom. The average molecular weight is 650 g/mol. The summed E-state index contributed by atoms with van der Waals surface area (Å²) in [6.07, 6.45) is 2.27. The van der Waals surface area contributed by atoms with E-state index < -0.39 is 5.41 Å². The van der Waals surface area contributed by atoms with Crippen LogP contribution in [-0.2, 0) is 10.8 Å².